The minimum Gasteiger partial charge on any atom is -0.387 e. The van der Waals surface area contributed by atoms with Crippen molar-refractivity contribution in [3.63, 3.8) is 0 Å². The number of phosphoric ester groups is 1. The fourth-order valence-electron chi connectivity index (χ4n) is 7.60. The summed E-state index contributed by atoms with van der Waals surface area (Å²) < 4.78 is 23.6. The van der Waals surface area contributed by atoms with Crippen LogP contribution in [0.25, 0.3) is 0 Å². The number of hydrogen-bond acceptors (Lipinski definition) is 5. The van der Waals surface area contributed by atoms with Gasteiger partial charge >= 0.3 is 7.82 Å². The van der Waals surface area contributed by atoms with Gasteiger partial charge < -0.3 is 19.8 Å². The van der Waals surface area contributed by atoms with Crippen molar-refractivity contribution in [1.82, 2.24) is 5.32 Å². The standard InChI is InChI=1S/C64H109N2O6P/c1-6-8-10-12-14-16-18-20-21-22-23-24-25-26-27-28-29-30-31-32-33-34-35-36-37-38-39-40-41-42-43-44-45-46-48-50-52-54-56-58-64(68)65-62(61-72-73(69,70)71-60-59-66(3,4)5)63(67)57-55-53-51-49-47-19-17-15-13-11-9-7-2/h8,10,14,16,20-21,23-24,26-27,29-30,32-33,35-36,38-39,41-42,55,57,62-63,67H,6-7,9,11-13,15,17-19,22,25,28,31,34,37,40,43-54,56,58-61H2,1-5H3,(H-,65,68,69,70)/p+1/b10-8-,16-14-,21-20-,24-23-,27-26-,30-29-,33-32-,36-35-,39-38-,42-41-,57-55+. The fourth-order valence-corrected chi connectivity index (χ4v) is 8.33. The summed E-state index contributed by atoms with van der Waals surface area (Å²) in [6.07, 6.45) is 81.3. The van der Waals surface area contributed by atoms with Gasteiger partial charge in [0.1, 0.15) is 13.2 Å². The molecule has 0 spiro atoms. The first-order valence-electron chi connectivity index (χ1n) is 29.1. The average molecular weight is 1030 g/mol. The molecule has 416 valence electrons. The van der Waals surface area contributed by atoms with Gasteiger partial charge in [-0.25, -0.2) is 4.57 Å². The van der Waals surface area contributed by atoms with Gasteiger partial charge in [0.25, 0.3) is 0 Å². The van der Waals surface area contributed by atoms with Crippen LogP contribution in [0.2, 0.25) is 0 Å². The van der Waals surface area contributed by atoms with Gasteiger partial charge in [0.15, 0.2) is 0 Å². The predicted molar refractivity (Wildman–Crippen MR) is 318 cm³/mol. The second kappa shape index (κ2) is 53.5. The van der Waals surface area contributed by atoms with Crippen LogP contribution >= 0.6 is 7.82 Å². The first-order valence-corrected chi connectivity index (χ1v) is 30.6. The number of aliphatic hydroxyl groups excluding tert-OH is 1. The highest BCUT2D eigenvalue weighted by Gasteiger charge is 2.27. The lowest BCUT2D eigenvalue weighted by Crippen LogP contribution is -2.45. The number of phosphoric acid groups is 1. The van der Waals surface area contributed by atoms with Gasteiger partial charge in [-0.05, 0) is 96.3 Å². The maximum atomic E-state index is 12.9. The predicted octanol–water partition coefficient (Wildman–Crippen LogP) is 17.9. The van der Waals surface area contributed by atoms with Gasteiger partial charge in [0.05, 0.1) is 39.9 Å². The summed E-state index contributed by atoms with van der Waals surface area (Å²) in [6.45, 7) is 4.66. The molecule has 0 aliphatic heterocycles. The van der Waals surface area contributed by atoms with Gasteiger partial charge in [0, 0.05) is 6.42 Å². The Balaban J connectivity index is 4.12. The summed E-state index contributed by atoms with van der Waals surface area (Å²) in [7, 11) is 1.55. The molecule has 0 aliphatic rings. The third kappa shape index (κ3) is 56.2. The van der Waals surface area contributed by atoms with E-state index in [9.17, 15) is 19.4 Å². The molecule has 0 aliphatic carbocycles. The van der Waals surface area contributed by atoms with Gasteiger partial charge in [-0.15, -0.1) is 0 Å². The molecule has 0 fully saturated rings. The van der Waals surface area contributed by atoms with Gasteiger partial charge in [-0.3, -0.25) is 13.8 Å². The zero-order valence-electron chi connectivity index (χ0n) is 47.3. The lowest BCUT2D eigenvalue weighted by Gasteiger charge is -2.25. The maximum Gasteiger partial charge on any atom is 0.472 e. The maximum absolute atomic E-state index is 12.9. The summed E-state index contributed by atoms with van der Waals surface area (Å²) in [4.78, 5) is 23.2. The van der Waals surface area contributed by atoms with Crippen molar-refractivity contribution in [3.05, 3.63) is 134 Å². The Bertz CT molecular complexity index is 1640. The number of rotatable bonds is 51. The number of allylic oxidation sites excluding steroid dienone is 21. The SMILES string of the molecule is CC/C=C\C/C=C\C/C=C\C/C=C\C/C=C\C/C=C\C/C=C\C/C=C\C/C=C\C/C=C\CCCCCCCCCCC(=O)NC(COP(=O)(O)OCC[N+](C)(C)C)C(O)/C=C/CCCCCCCCCCCC. The molecule has 0 aromatic heterocycles. The van der Waals surface area contributed by atoms with E-state index in [0.717, 1.165) is 116 Å². The number of quaternary nitrogens is 1. The zero-order valence-corrected chi connectivity index (χ0v) is 48.2. The first kappa shape index (κ1) is 69.6. The van der Waals surface area contributed by atoms with Gasteiger partial charge in [-0.1, -0.05) is 244 Å². The molecule has 0 saturated carbocycles. The molecule has 8 nitrogen and oxygen atoms in total. The van der Waals surface area contributed by atoms with Crippen LogP contribution in [0.4, 0.5) is 0 Å². The van der Waals surface area contributed by atoms with Crippen molar-refractivity contribution < 1.29 is 32.9 Å². The molecule has 0 bridgehead atoms. The number of aliphatic hydroxyl groups is 1. The monoisotopic (exact) mass is 1030 g/mol. The van der Waals surface area contributed by atoms with Crippen LogP contribution in [-0.2, 0) is 18.4 Å². The smallest absolute Gasteiger partial charge is 0.387 e. The van der Waals surface area contributed by atoms with Crippen LogP contribution < -0.4 is 5.32 Å². The second-order valence-corrected chi connectivity index (χ2v) is 21.7. The molecule has 0 rings (SSSR count). The third-order valence-electron chi connectivity index (χ3n) is 12.1. The van der Waals surface area contributed by atoms with Crippen LogP contribution in [0.5, 0.6) is 0 Å². The van der Waals surface area contributed by atoms with E-state index in [1.165, 1.54) is 77.0 Å². The number of likely N-dealkylation sites (N-methyl/N-ethyl adjacent to an activating group) is 1. The molecule has 73 heavy (non-hydrogen) atoms. The molecule has 0 saturated heterocycles. The Hall–Kier alpha value is -3.36. The molecule has 3 N–H and O–H groups in total. The topological polar surface area (TPSA) is 105 Å². The van der Waals surface area contributed by atoms with Crippen LogP contribution in [0.15, 0.2) is 134 Å². The van der Waals surface area contributed by atoms with Crippen molar-refractivity contribution in [3.8, 4) is 0 Å². The number of unbranched alkanes of at least 4 members (excludes halogenated alkanes) is 18. The van der Waals surface area contributed by atoms with Crippen LogP contribution in [-0.4, -0.2) is 73.4 Å². The Morgan fingerprint density at radius 3 is 1.21 bits per heavy atom. The highest BCUT2D eigenvalue weighted by Crippen LogP contribution is 2.43. The highest BCUT2D eigenvalue weighted by atomic mass is 31.2. The molecule has 0 heterocycles. The van der Waals surface area contributed by atoms with E-state index in [2.05, 4.69) is 141 Å². The van der Waals surface area contributed by atoms with Crippen LogP contribution in [0, 0.1) is 0 Å². The van der Waals surface area contributed by atoms with Crippen molar-refractivity contribution in [1.29, 1.82) is 0 Å². The average Bonchev–Trinajstić information content (AvgIpc) is 3.35. The van der Waals surface area contributed by atoms with E-state index in [1.807, 2.05) is 27.2 Å². The van der Waals surface area contributed by atoms with E-state index >= 15 is 0 Å². The summed E-state index contributed by atoms with van der Waals surface area (Å²) in [5.74, 6) is -0.192. The Kier molecular flexibility index (Phi) is 51.0. The zero-order chi connectivity index (χ0) is 53.5. The van der Waals surface area contributed by atoms with Crippen LogP contribution in [0.3, 0.4) is 0 Å². The molecule has 1 amide bonds. The Labute approximate surface area is 449 Å². The summed E-state index contributed by atoms with van der Waals surface area (Å²) in [5.41, 5.74) is 0. The van der Waals surface area contributed by atoms with Crippen LogP contribution in [0.1, 0.15) is 213 Å². The van der Waals surface area contributed by atoms with Crippen molar-refractivity contribution in [2.45, 2.75) is 225 Å². The molecule has 9 heteroatoms. The summed E-state index contributed by atoms with van der Waals surface area (Å²) >= 11 is 0. The van der Waals surface area contributed by atoms with Crippen molar-refractivity contribution in [2.24, 2.45) is 0 Å². The first-order chi connectivity index (χ1) is 35.5. The normalized spacial score (nSPS) is 14.9. The van der Waals surface area contributed by atoms with E-state index < -0.39 is 20.0 Å². The summed E-state index contributed by atoms with van der Waals surface area (Å²) in [5, 5.41) is 13.9. The number of nitrogens with one attached hydrogen (secondary N) is 1. The third-order valence-corrected chi connectivity index (χ3v) is 13.1. The number of carbonyl (C=O) groups excluding carboxylic acids is 1. The van der Waals surface area contributed by atoms with Gasteiger partial charge in [0.2, 0.25) is 5.91 Å². The number of nitrogens with zero attached hydrogens (tertiary/aromatic N) is 1. The fraction of sp³-hybridized carbons (Fsp3) is 0.641. The van der Waals surface area contributed by atoms with E-state index in [0.29, 0.717) is 17.4 Å². The minimum absolute atomic E-state index is 0.0533. The lowest BCUT2D eigenvalue weighted by molar-refractivity contribution is -0.870. The lowest BCUT2D eigenvalue weighted by atomic mass is 10.0. The Morgan fingerprint density at radius 2 is 0.822 bits per heavy atom. The molecular weight excluding hydrogens is 924 g/mol. The van der Waals surface area contributed by atoms with Crippen molar-refractivity contribution in [2.75, 3.05) is 40.9 Å². The van der Waals surface area contributed by atoms with Gasteiger partial charge in [-0.2, -0.15) is 0 Å². The number of hydrogen-bond donors (Lipinski definition) is 3. The molecule has 0 radical (unpaired) electrons. The molecule has 0 aromatic rings. The second-order valence-electron chi connectivity index (χ2n) is 20.3. The largest absolute Gasteiger partial charge is 0.472 e. The molecule has 3 unspecified atom stereocenters. The number of carbonyl (C=O) groups is 1. The summed E-state index contributed by atoms with van der Waals surface area (Å²) in [6, 6.07) is -0.859. The van der Waals surface area contributed by atoms with E-state index in [1.54, 1.807) is 6.08 Å². The Morgan fingerprint density at radius 1 is 0.479 bits per heavy atom. The quantitative estimate of drug-likeness (QED) is 0.0243. The van der Waals surface area contributed by atoms with E-state index in [-0.39, 0.29) is 19.1 Å². The molecule has 3 atom stereocenters. The molecule has 0 aromatic carbocycles. The minimum atomic E-state index is -4.35. The van der Waals surface area contributed by atoms with E-state index in [4.69, 9.17) is 9.05 Å². The number of amides is 1. The van der Waals surface area contributed by atoms with Crippen molar-refractivity contribution >= 4 is 13.7 Å². The molecular formula is C64H110N2O6P+. The highest BCUT2D eigenvalue weighted by molar-refractivity contribution is 7.47.